The lowest BCUT2D eigenvalue weighted by atomic mass is 9.85. The van der Waals surface area contributed by atoms with Crippen LogP contribution in [0.2, 0.25) is 10.0 Å². The van der Waals surface area contributed by atoms with Gasteiger partial charge in [-0.1, -0.05) is 34.8 Å². The van der Waals surface area contributed by atoms with Crippen molar-refractivity contribution >= 4 is 46.2 Å². The number of alkyl halides is 3. The predicted octanol–water partition coefficient (Wildman–Crippen LogP) is 6.36. The number of aryl methyl sites for hydroxylation is 1. The van der Waals surface area contributed by atoms with Gasteiger partial charge in [-0.15, -0.1) is 11.3 Å². The summed E-state index contributed by atoms with van der Waals surface area (Å²) in [6.45, 7) is 2.20. The lowest BCUT2D eigenvalue weighted by Gasteiger charge is -2.29. The van der Waals surface area contributed by atoms with Crippen LogP contribution in [0.15, 0.2) is 29.4 Å². The Balaban J connectivity index is 1.55. The summed E-state index contributed by atoms with van der Waals surface area (Å²) in [6, 6.07) is 5.52. The first-order valence-corrected chi connectivity index (χ1v) is 11.3. The van der Waals surface area contributed by atoms with Gasteiger partial charge in [-0.2, -0.15) is 13.2 Å². The second-order valence-electron chi connectivity index (χ2n) is 7.85. The zero-order chi connectivity index (χ0) is 22.4. The summed E-state index contributed by atoms with van der Waals surface area (Å²) >= 11 is 13.2. The monoisotopic (exact) mass is 490 g/mol. The van der Waals surface area contributed by atoms with E-state index in [2.05, 4.69) is 10.5 Å². The fraction of sp³-hybridized carbons (Fsp3) is 0.429. The fourth-order valence-corrected chi connectivity index (χ4v) is 5.26. The molecule has 1 aliphatic heterocycles. The molecule has 2 heterocycles. The maximum absolute atomic E-state index is 14.1. The molecule has 4 nitrogen and oxygen atoms in total. The molecular formula is C21H19Cl2F3N2O2S. The number of nitrogens with one attached hydrogen (secondary N) is 1. The number of halogens is 5. The van der Waals surface area contributed by atoms with E-state index in [-0.39, 0.29) is 33.1 Å². The zero-order valence-corrected chi connectivity index (χ0v) is 18.8. The van der Waals surface area contributed by atoms with E-state index < -0.39 is 18.2 Å². The molecule has 1 aromatic heterocycles. The Kier molecular flexibility index (Phi) is 6.00. The summed E-state index contributed by atoms with van der Waals surface area (Å²) in [7, 11) is 0. The van der Waals surface area contributed by atoms with Gasteiger partial charge < -0.3 is 10.2 Å². The van der Waals surface area contributed by atoms with Crippen molar-refractivity contribution < 1.29 is 22.8 Å². The Bertz CT molecular complexity index is 1030. The number of rotatable bonds is 5. The van der Waals surface area contributed by atoms with Gasteiger partial charge in [0, 0.05) is 26.4 Å². The van der Waals surface area contributed by atoms with E-state index >= 15 is 0 Å². The Hall–Kier alpha value is -1.77. The van der Waals surface area contributed by atoms with Crippen LogP contribution in [-0.4, -0.2) is 17.8 Å². The molecule has 0 bridgehead atoms. The second-order valence-corrected chi connectivity index (χ2v) is 9.86. The molecule has 1 aromatic carbocycles. The smallest absolute Gasteiger partial charge is 0.374 e. The molecule has 10 heteroatoms. The Morgan fingerprint density at radius 3 is 2.52 bits per heavy atom. The van der Waals surface area contributed by atoms with Crippen LogP contribution in [0.5, 0.6) is 0 Å². The van der Waals surface area contributed by atoms with E-state index in [0.29, 0.717) is 11.4 Å². The molecule has 1 saturated carbocycles. The van der Waals surface area contributed by atoms with E-state index in [1.165, 1.54) is 29.5 Å². The summed E-state index contributed by atoms with van der Waals surface area (Å²) in [4.78, 5) is 18.6. The van der Waals surface area contributed by atoms with Crippen molar-refractivity contribution in [2.45, 2.75) is 50.9 Å². The van der Waals surface area contributed by atoms with Crippen molar-refractivity contribution in [2.24, 2.45) is 11.1 Å². The van der Waals surface area contributed by atoms with Crippen LogP contribution in [0.3, 0.4) is 0 Å². The molecule has 1 atom stereocenters. The van der Waals surface area contributed by atoms with E-state index in [0.717, 1.165) is 29.7 Å². The highest BCUT2D eigenvalue weighted by Gasteiger charge is 2.62. The summed E-state index contributed by atoms with van der Waals surface area (Å²) in [5.41, 5.74) is -1.78. The Morgan fingerprint density at radius 1 is 1.26 bits per heavy atom. The highest BCUT2D eigenvalue weighted by molar-refractivity contribution is 7.14. The summed E-state index contributed by atoms with van der Waals surface area (Å²) < 4.78 is 42.4. The maximum atomic E-state index is 14.1. The normalized spacial score (nSPS) is 21.4. The average molecular weight is 491 g/mol. The third kappa shape index (κ3) is 4.30. The number of carbonyl (C=O) groups is 1. The summed E-state index contributed by atoms with van der Waals surface area (Å²) in [6.07, 6.45) is -2.36. The van der Waals surface area contributed by atoms with Crippen LogP contribution in [0.25, 0.3) is 0 Å². The number of amides is 1. The molecule has 0 saturated heterocycles. The fourth-order valence-electron chi connectivity index (χ4n) is 3.64. The van der Waals surface area contributed by atoms with Gasteiger partial charge in [0.15, 0.2) is 0 Å². The van der Waals surface area contributed by atoms with Gasteiger partial charge in [-0.3, -0.25) is 4.79 Å². The Labute approximate surface area is 191 Å². The van der Waals surface area contributed by atoms with Crippen LogP contribution < -0.4 is 5.32 Å². The summed E-state index contributed by atoms with van der Waals surface area (Å²) in [5, 5.41) is 6.88. The topological polar surface area (TPSA) is 50.7 Å². The van der Waals surface area contributed by atoms with Crippen LogP contribution in [0.1, 0.15) is 46.6 Å². The minimum atomic E-state index is -4.74. The number of hydrogen-bond acceptors (Lipinski definition) is 4. The molecule has 31 heavy (non-hydrogen) atoms. The van der Waals surface area contributed by atoms with E-state index in [4.69, 9.17) is 28.0 Å². The summed E-state index contributed by atoms with van der Waals surface area (Å²) in [5.74, 6) is 0.0975. The van der Waals surface area contributed by atoms with Crippen LogP contribution in [-0.2, 0) is 21.8 Å². The van der Waals surface area contributed by atoms with Gasteiger partial charge in [0.2, 0.25) is 5.91 Å². The van der Waals surface area contributed by atoms with Crippen LogP contribution >= 0.6 is 34.5 Å². The van der Waals surface area contributed by atoms with Crippen molar-refractivity contribution in [3.05, 3.63) is 55.2 Å². The van der Waals surface area contributed by atoms with Crippen molar-refractivity contribution in [2.75, 3.05) is 0 Å². The third-order valence-corrected chi connectivity index (χ3v) is 7.44. The largest absolute Gasteiger partial charge is 0.435 e. The highest BCUT2D eigenvalue weighted by atomic mass is 35.5. The van der Waals surface area contributed by atoms with Gasteiger partial charge in [0.25, 0.3) is 5.60 Å². The van der Waals surface area contributed by atoms with Gasteiger partial charge in [-0.05, 0) is 49.6 Å². The molecule has 1 unspecified atom stereocenters. The van der Waals surface area contributed by atoms with Crippen molar-refractivity contribution in [1.82, 2.24) is 5.32 Å². The number of benzene rings is 1. The molecule has 1 aliphatic carbocycles. The number of thiophene rings is 1. The molecule has 1 fully saturated rings. The number of nitrogens with zero attached hydrogens (tertiary/aromatic N) is 1. The third-order valence-electron chi connectivity index (χ3n) is 5.72. The number of carbonyl (C=O) groups excluding carboxylic acids is 1. The Morgan fingerprint density at radius 2 is 1.94 bits per heavy atom. The van der Waals surface area contributed by atoms with Crippen molar-refractivity contribution in [3.8, 4) is 0 Å². The molecule has 2 aromatic rings. The molecule has 0 radical (unpaired) electrons. The van der Waals surface area contributed by atoms with E-state index in [9.17, 15) is 18.0 Å². The zero-order valence-electron chi connectivity index (χ0n) is 16.5. The molecule has 0 spiro atoms. The number of oxime groups is 1. The van der Waals surface area contributed by atoms with E-state index in [1.807, 2.05) is 6.92 Å². The first-order valence-electron chi connectivity index (χ1n) is 9.75. The van der Waals surface area contributed by atoms with Crippen molar-refractivity contribution in [3.63, 3.8) is 0 Å². The van der Waals surface area contributed by atoms with Gasteiger partial charge in [-0.25, -0.2) is 0 Å². The predicted molar refractivity (Wildman–Crippen MR) is 115 cm³/mol. The molecular weight excluding hydrogens is 472 g/mol. The molecule has 1 N–H and O–H groups in total. The average Bonchev–Trinajstić information content (AvgIpc) is 3.22. The van der Waals surface area contributed by atoms with Crippen molar-refractivity contribution in [1.29, 1.82) is 0 Å². The van der Waals surface area contributed by atoms with Gasteiger partial charge >= 0.3 is 6.18 Å². The maximum Gasteiger partial charge on any atom is 0.435 e. The molecule has 1 amide bonds. The lowest BCUT2D eigenvalue weighted by molar-refractivity contribution is -0.275. The lowest BCUT2D eigenvalue weighted by Crippen LogP contribution is -2.42. The minimum Gasteiger partial charge on any atom is -0.374 e. The first kappa shape index (κ1) is 22.4. The molecule has 2 aliphatic rings. The standard InChI is InChI=1S/C21H19Cl2F3N2O2S/c1-11-5-17(31-18(11)10-27-19(29)12-3-2-4-12)16-9-20(30-28-16,21(24,25)26)13-6-14(22)8-15(23)7-13/h5-8,12H,2-4,9-10H2,1H3,(H,27,29). The quantitative estimate of drug-likeness (QED) is 0.529. The first-order chi connectivity index (χ1) is 14.6. The van der Waals surface area contributed by atoms with Gasteiger partial charge in [0.1, 0.15) is 5.71 Å². The van der Waals surface area contributed by atoms with Crippen LogP contribution in [0.4, 0.5) is 13.2 Å². The highest BCUT2D eigenvalue weighted by Crippen LogP contribution is 2.50. The van der Waals surface area contributed by atoms with Gasteiger partial charge in [0.05, 0.1) is 17.8 Å². The minimum absolute atomic E-state index is 0.0241. The second kappa shape index (κ2) is 8.30. The molecule has 4 rings (SSSR count). The van der Waals surface area contributed by atoms with Crippen LogP contribution in [0, 0.1) is 12.8 Å². The molecule has 166 valence electrons. The van der Waals surface area contributed by atoms with E-state index in [1.54, 1.807) is 6.07 Å². The number of hydrogen-bond donors (Lipinski definition) is 1. The SMILES string of the molecule is Cc1cc(C2=NOC(c3cc(Cl)cc(Cl)c3)(C(F)(F)F)C2)sc1CNC(=O)C1CCC1.